The molecule has 8 nitrogen and oxygen atoms in total. The molecule has 0 unspecified atom stereocenters. The van der Waals surface area contributed by atoms with Crippen LogP contribution < -0.4 is 10.2 Å². The molecule has 0 spiro atoms. The lowest BCUT2D eigenvalue weighted by Crippen LogP contribution is -2.50. The number of carboxylic acid groups (broad SMARTS) is 2. The van der Waals surface area contributed by atoms with Gasteiger partial charge in [-0.05, 0) is 75.3 Å². The summed E-state index contributed by atoms with van der Waals surface area (Å²) in [5.41, 5.74) is 1.86. The van der Waals surface area contributed by atoms with E-state index in [1.165, 1.54) is 164 Å². The zero-order chi connectivity index (χ0) is 46.0. The van der Waals surface area contributed by atoms with Gasteiger partial charge in [0.15, 0.2) is 0 Å². The van der Waals surface area contributed by atoms with Crippen LogP contribution in [-0.2, 0) is 14.1 Å². The van der Waals surface area contributed by atoms with E-state index in [2.05, 4.69) is 67.2 Å². The number of para-hydroxylation sites is 2. The molecule has 0 aliphatic carbocycles. The van der Waals surface area contributed by atoms with Crippen molar-refractivity contribution >= 4 is 33.7 Å². The van der Waals surface area contributed by atoms with Crippen LogP contribution in [0.25, 0.3) is 21.8 Å². The Morgan fingerprint density at radius 1 is 0.435 bits per heavy atom. The number of hydrogen-bond acceptors (Lipinski definition) is 4. The van der Waals surface area contributed by atoms with E-state index in [0.717, 1.165) is 0 Å². The first-order valence-electron chi connectivity index (χ1n) is 24.7. The Bertz CT molecular complexity index is 1750. The van der Waals surface area contributed by atoms with Crippen molar-refractivity contribution in [3.63, 3.8) is 0 Å². The molecule has 4 aromatic rings. The first-order valence-corrected chi connectivity index (χ1v) is 24.7. The fraction of sp³-hybridized carbons (Fsp3) is 0.630. The van der Waals surface area contributed by atoms with Crippen LogP contribution in [0.5, 0.6) is 0 Å². The molecule has 0 atom stereocenters. The molecule has 0 aliphatic rings. The van der Waals surface area contributed by atoms with Gasteiger partial charge in [-0.3, -0.25) is 0 Å². The Morgan fingerprint density at radius 2 is 0.661 bits per heavy atom. The van der Waals surface area contributed by atoms with E-state index in [1.54, 1.807) is 71.8 Å². The molecule has 2 aromatic carbocycles. The van der Waals surface area contributed by atoms with E-state index in [9.17, 15) is 19.8 Å². The highest BCUT2D eigenvalue weighted by Crippen LogP contribution is 2.27. The van der Waals surface area contributed by atoms with Gasteiger partial charge in [-0.15, -0.1) is 0 Å². The van der Waals surface area contributed by atoms with E-state index < -0.39 is 11.9 Å². The molecule has 0 N–H and O–H groups in total. The van der Waals surface area contributed by atoms with E-state index in [0.29, 0.717) is 21.8 Å². The number of hydrogen-bond donors (Lipinski definition) is 0. The van der Waals surface area contributed by atoms with Gasteiger partial charge in [-0.2, -0.15) is 0 Å². The SMILES string of the molecule is CCCC[N+](CCCC)(CCCC)CCCC.CCCC[N+](CCCC)(CCCC)CCCC.Cn1c(C#Cc2c(C(=O)[O-])c3ccccc3n2C)c(C(=O)[O-])c2ccccc21. The Kier molecular flexibility index (Phi) is 25.6. The largest absolute Gasteiger partial charge is 0.545 e. The molecule has 0 fully saturated rings. The lowest BCUT2D eigenvalue weighted by atomic mass is 10.1. The van der Waals surface area contributed by atoms with Gasteiger partial charge in [0, 0.05) is 47.0 Å². The summed E-state index contributed by atoms with van der Waals surface area (Å²) >= 11 is 0. The monoisotopic (exact) mass is 855 g/mol. The molecular weight excluding hydrogens is 769 g/mol. The van der Waals surface area contributed by atoms with Gasteiger partial charge < -0.3 is 37.9 Å². The summed E-state index contributed by atoms with van der Waals surface area (Å²) in [5, 5.41) is 24.5. The molecule has 0 saturated carbocycles. The van der Waals surface area contributed by atoms with Gasteiger partial charge in [-0.25, -0.2) is 0 Å². The number of rotatable bonds is 26. The third kappa shape index (κ3) is 15.9. The van der Waals surface area contributed by atoms with Gasteiger partial charge in [0.2, 0.25) is 0 Å². The van der Waals surface area contributed by atoms with Crippen LogP contribution >= 0.6 is 0 Å². The number of aromatic carboxylic acids is 2. The molecule has 62 heavy (non-hydrogen) atoms. The highest BCUT2D eigenvalue weighted by Gasteiger charge is 2.26. The molecule has 0 saturated heterocycles. The van der Waals surface area contributed by atoms with Crippen LogP contribution in [-0.4, -0.2) is 82.4 Å². The predicted molar refractivity (Wildman–Crippen MR) is 259 cm³/mol. The third-order valence-corrected chi connectivity index (χ3v) is 12.8. The standard InChI is InChI=1S/C22H16N2O4.2C16H36N/c1-23-15-9-5-3-7-13(15)19(21(25)26)17(23)11-12-18-20(22(27)28)14-8-4-6-10-16(14)24(18)2;2*1-5-9-13-17(14-10-6-2,15-11-7-3)16-12-8-4/h3-10H,1-2H3,(H,25,26)(H,27,28);2*5-16H2,1-4H3/q;2*+1/p-2. The van der Waals surface area contributed by atoms with Gasteiger partial charge in [0.05, 0.1) is 64.3 Å². The van der Waals surface area contributed by atoms with E-state index in [4.69, 9.17) is 0 Å². The summed E-state index contributed by atoms with van der Waals surface area (Å²) in [6.45, 7) is 30.0. The number of carbonyl (C=O) groups excluding carboxylic acids is 2. The second kappa shape index (κ2) is 29.3. The average Bonchev–Trinajstić information content (AvgIpc) is 3.74. The van der Waals surface area contributed by atoms with Crippen molar-refractivity contribution in [1.29, 1.82) is 0 Å². The van der Waals surface area contributed by atoms with Crippen LogP contribution in [0.1, 0.15) is 190 Å². The zero-order valence-electron chi connectivity index (χ0n) is 41.0. The number of benzene rings is 2. The van der Waals surface area contributed by atoms with E-state index >= 15 is 0 Å². The summed E-state index contributed by atoms with van der Waals surface area (Å²) in [4.78, 5) is 23.5. The van der Waals surface area contributed by atoms with Crippen molar-refractivity contribution in [1.82, 2.24) is 9.13 Å². The summed E-state index contributed by atoms with van der Waals surface area (Å²) in [7, 11) is 3.42. The Labute approximate surface area is 377 Å². The second-order valence-corrected chi connectivity index (χ2v) is 17.7. The molecule has 2 heterocycles. The molecule has 346 valence electrons. The highest BCUT2D eigenvalue weighted by atomic mass is 16.4. The second-order valence-electron chi connectivity index (χ2n) is 17.7. The average molecular weight is 855 g/mol. The van der Waals surface area contributed by atoms with E-state index in [1.807, 2.05) is 0 Å². The minimum atomic E-state index is -1.33. The maximum atomic E-state index is 11.7. The maximum Gasteiger partial charge on any atom is 0.102 e. The molecule has 8 heteroatoms. The predicted octanol–water partition coefficient (Wildman–Crippen LogP) is 10.8. The minimum Gasteiger partial charge on any atom is -0.545 e. The lowest BCUT2D eigenvalue weighted by molar-refractivity contribution is -0.929. The van der Waals surface area contributed by atoms with Crippen molar-refractivity contribution in [2.45, 2.75) is 158 Å². The number of fused-ring (bicyclic) bond motifs is 2. The summed E-state index contributed by atoms with van der Waals surface area (Å²) in [5.74, 6) is 3.02. The molecule has 4 rings (SSSR count). The number of aryl methyl sites for hydroxylation is 2. The Balaban J connectivity index is 0.000000341. The molecule has 0 amide bonds. The molecule has 0 radical (unpaired) electrons. The quantitative estimate of drug-likeness (QED) is 0.0465. The van der Waals surface area contributed by atoms with Crippen molar-refractivity contribution < 1.29 is 28.8 Å². The number of carboxylic acids is 2. The fourth-order valence-corrected chi connectivity index (χ4v) is 8.90. The minimum absolute atomic E-state index is 0.0145. The Hall–Kier alpha value is -4.06. The number of aromatic nitrogens is 2. The van der Waals surface area contributed by atoms with Crippen molar-refractivity contribution in [3.8, 4) is 11.8 Å². The summed E-state index contributed by atoms with van der Waals surface area (Å²) in [6, 6.07) is 14.0. The zero-order valence-corrected chi connectivity index (χ0v) is 41.0. The molecule has 0 aliphatic heterocycles. The number of carbonyl (C=O) groups is 2. The number of nitrogens with zero attached hydrogens (tertiary/aromatic N) is 4. The first kappa shape index (κ1) is 54.1. The number of quaternary nitrogens is 2. The van der Waals surface area contributed by atoms with Crippen molar-refractivity contribution in [2.75, 3.05) is 52.4 Å². The van der Waals surface area contributed by atoms with Gasteiger partial charge in [0.1, 0.15) is 11.4 Å². The first-order chi connectivity index (χ1) is 29.9. The Morgan fingerprint density at radius 3 is 0.871 bits per heavy atom. The molecule has 0 bridgehead atoms. The van der Waals surface area contributed by atoms with Gasteiger partial charge in [0.25, 0.3) is 0 Å². The van der Waals surface area contributed by atoms with Crippen LogP contribution in [0.4, 0.5) is 0 Å². The van der Waals surface area contributed by atoms with Crippen LogP contribution in [0.3, 0.4) is 0 Å². The molecular formula is C54H86N4O4. The van der Waals surface area contributed by atoms with E-state index in [-0.39, 0.29) is 22.5 Å². The van der Waals surface area contributed by atoms with Crippen molar-refractivity contribution in [3.05, 3.63) is 71.0 Å². The highest BCUT2D eigenvalue weighted by molar-refractivity contribution is 6.06. The normalized spacial score (nSPS) is 11.5. The third-order valence-electron chi connectivity index (χ3n) is 12.8. The fourth-order valence-electron chi connectivity index (χ4n) is 8.90. The summed E-state index contributed by atoms with van der Waals surface area (Å²) in [6.07, 6.45) is 22.1. The topological polar surface area (TPSA) is 90.1 Å². The van der Waals surface area contributed by atoms with Crippen LogP contribution in [0.2, 0.25) is 0 Å². The van der Waals surface area contributed by atoms with Gasteiger partial charge in [-0.1, -0.05) is 143 Å². The number of unbranched alkanes of at least 4 members (excludes halogenated alkanes) is 8. The van der Waals surface area contributed by atoms with Crippen LogP contribution in [0.15, 0.2) is 48.5 Å². The van der Waals surface area contributed by atoms with Crippen molar-refractivity contribution in [2.24, 2.45) is 14.1 Å². The van der Waals surface area contributed by atoms with Crippen LogP contribution in [0, 0.1) is 11.8 Å². The smallest absolute Gasteiger partial charge is 0.102 e. The van der Waals surface area contributed by atoms with Gasteiger partial charge >= 0.3 is 0 Å². The lowest BCUT2D eigenvalue weighted by Gasteiger charge is -2.39. The summed E-state index contributed by atoms with van der Waals surface area (Å²) < 4.78 is 6.16. The maximum absolute atomic E-state index is 11.7. The molecule has 2 aromatic heterocycles.